The summed E-state index contributed by atoms with van der Waals surface area (Å²) in [6, 6.07) is 16.8. The van der Waals surface area contributed by atoms with Crippen LogP contribution in [0.15, 0.2) is 66.7 Å². The van der Waals surface area contributed by atoms with Gasteiger partial charge in [-0.3, -0.25) is 14.4 Å². The van der Waals surface area contributed by atoms with E-state index in [2.05, 4.69) is 10.6 Å². The second kappa shape index (κ2) is 7.35. The molecule has 0 aliphatic carbocycles. The van der Waals surface area contributed by atoms with Gasteiger partial charge in [0.15, 0.2) is 0 Å². The fourth-order valence-corrected chi connectivity index (χ4v) is 4.85. The molecule has 2 bridgehead atoms. The number of nitrogens with zero attached hydrogens (tertiary/aromatic N) is 1. The molecule has 2 saturated heterocycles. The Morgan fingerprint density at radius 1 is 1.13 bits per heavy atom. The van der Waals surface area contributed by atoms with Gasteiger partial charge >= 0.3 is 0 Å². The number of rotatable bonds is 5. The predicted octanol–water partition coefficient (Wildman–Crippen LogP) is 2.25. The third-order valence-corrected chi connectivity index (χ3v) is 6.21. The second-order valence-corrected chi connectivity index (χ2v) is 8.26. The van der Waals surface area contributed by atoms with Gasteiger partial charge in [0.1, 0.15) is 5.60 Å². The van der Waals surface area contributed by atoms with Crippen LogP contribution >= 0.6 is 0 Å². The van der Waals surface area contributed by atoms with Gasteiger partial charge in [0.2, 0.25) is 17.7 Å². The van der Waals surface area contributed by atoms with Crippen molar-refractivity contribution in [2.45, 2.75) is 25.2 Å². The van der Waals surface area contributed by atoms with Crippen LogP contribution in [0.3, 0.4) is 0 Å². The number of hydrogen-bond acceptors (Lipinski definition) is 4. The van der Waals surface area contributed by atoms with Crippen LogP contribution in [0.25, 0.3) is 0 Å². The van der Waals surface area contributed by atoms with Crippen LogP contribution < -0.4 is 15.5 Å². The van der Waals surface area contributed by atoms with E-state index in [1.165, 1.54) is 6.92 Å². The molecule has 31 heavy (non-hydrogen) atoms. The van der Waals surface area contributed by atoms with Gasteiger partial charge in [-0.05, 0) is 29.8 Å². The highest BCUT2D eigenvalue weighted by atomic mass is 16.5. The third-order valence-electron chi connectivity index (χ3n) is 6.21. The first-order valence-electron chi connectivity index (χ1n) is 10.3. The smallest absolute Gasteiger partial charge is 0.234 e. The van der Waals surface area contributed by atoms with Gasteiger partial charge < -0.3 is 20.3 Å². The summed E-state index contributed by atoms with van der Waals surface area (Å²) in [5.41, 5.74) is 1.61. The molecule has 1 spiro atoms. The van der Waals surface area contributed by atoms with Gasteiger partial charge in [0.25, 0.3) is 0 Å². The summed E-state index contributed by atoms with van der Waals surface area (Å²) in [4.78, 5) is 39.3. The van der Waals surface area contributed by atoms with E-state index in [0.717, 1.165) is 5.56 Å². The lowest BCUT2D eigenvalue weighted by Gasteiger charge is -2.23. The van der Waals surface area contributed by atoms with Crippen molar-refractivity contribution in [3.8, 4) is 0 Å². The molecule has 3 heterocycles. The summed E-state index contributed by atoms with van der Waals surface area (Å²) in [6.07, 6.45) is 3.46. The van der Waals surface area contributed by atoms with Crippen LogP contribution in [0.5, 0.6) is 0 Å². The van der Waals surface area contributed by atoms with Crippen LogP contribution in [0, 0.1) is 11.8 Å². The van der Waals surface area contributed by atoms with Crippen molar-refractivity contribution in [3.05, 3.63) is 72.3 Å². The number of nitrogens with one attached hydrogen (secondary N) is 2. The molecule has 0 radical (unpaired) electrons. The predicted molar refractivity (Wildman–Crippen MR) is 115 cm³/mol. The van der Waals surface area contributed by atoms with Crippen molar-refractivity contribution in [2.24, 2.45) is 11.8 Å². The molecule has 2 aromatic rings. The van der Waals surface area contributed by atoms with Gasteiger partial charge in [0.05, 0.1) is 24.5 Å². The van der Waals surface area contributed by atoms with E-state index in [9.17, 15) is 14.4 Å². The van der Waals surface area contributed by atoms with Crippen molar-refractivity contribution in [3.63, 3.8) is 0 Å². The fourth-order valence-electron chi connectivity index (χ4n) is 4.85. The molecule has 2 unspecified atom stereocenters. The summed E-state index contributed by atoms with van der Waals surface area (Å²) in [5.74, 6) is -1.53. The molecule has 7 heteroatoms. The highest BCUT2D eigenvalue weighted by Gasteiger charge is 2.67. The van der Waals surface area contributed by atoms with Crippen molar-refractivity contribution < 1.29 is 19.1 Å². The lowest BCUT2D eigenvalue weighted by Crippen LogP contribution is -2.43. The van der Waals surface area contributed by atoms with Crippen LogP contribution in [-0.4, -0.2) is 36.0 Å². The maximum atomic E-state index is 13.4. The molecule has 3 amide bonds. The number of carbonyl (C=O) groups is 3. The van der Waals surface area contributed by atoms with Gasteiger partial charge in [0, 0.05) is 24.8 Å². The molecular weight excluding hydrogens is 394 g/mol. The minimum Gasteiger partial charge on any atom is -0.360 e. The molecular formula is C24H23N3O4. The number of anilines is 2. The number of hydrogen-bond donors (Lipinski definition) is 2. The Kier molecular flexibility index (Phi) is 4.63. The molecule has 4 atom stereocenters. The molecule has 5 rings (SSSR count). The zero-order valence-electron chi connectivity index (χ0n) is 17.1. The molecule has 0 saturated carbocycles. The van der Waals surface area contributed by atoms with E-state index in [1.807, 2.05) is 42.5 Å². The number of ether oxygens (including phenoxy) is 1. The average Bonchev–Trinajstić information content (AvgIpc) is 3.41. The number of carbonyl (C=O) groups excluding carboxylic acids is 3. The van der Waals surface area contributed by atoms with Gasteiger partial charge in [-0.1, -0.05) is 42.5 Å². The largest absolute Gasteiger partial charge is 0.360 e. The number of fused-ring (bicyclic) bond motifs is 1. The van der Waals surface area contributed by atoms with Crippen LogP contribution in [0.1, 0.15) is 12.5 Å². The summed E-state index contributed by atoms with van der Waals surface area (Å²) in [5, 5.41) is 5.69. The van der Waals surface area contributed by atoms with Gasteiger partial charge in [-0.2, -0.15) is 0 Å². The fraction of sp³-hybridized carbons (Fsp3) is 0.292. The van der Waals surface area contributed by atoms with E-state index in [-0.39, 0.29) is 23.8 Å². The lowest BCUT2D eigenvalue weighted by atomic mass is 9.77. The SMILES string of the molecule is CC(=O)Nc1ccc(N2C[C@]34C=C[C@H](O3)C(C(=O)NCc3ccccc3)C4C2=O)cc1. The molecule has 3 aliphatic rings. The Hall–Kier alpha value is -3.45. The first kappa shape index (κ1) is 19.5. The molecule has 2 aromatic carbocycles. The summed E-state index contributed by atoms with van der Waals surface area (Å²) in [7, 11) is 0. The molecule has 2 N–H and O–H groups in total. The molecule has 2 fully saturated rings. The van der Waals surface area contributed by atoms with Crippen molar-refractivity contribution >= 4 is 29.1 Å². The molecule has 0 aromatic heterocycles. The summed E-state index contributed by atoms with van der Waals surface area (Å²) in [6.45, 7) is 2.22. The first-order chi connectivity index (χ1) is 15.0. The van der Waals surface area contributed by atoms with Gasteiger partial charge in [-0.15, -0.1) is 0 Å². The highest BCUT2D eigenvalue weighted by molar-refractivity contribution is 6.03. The average molecular weight is 417 g/mol. The van der Waals surface area contributed by atoms with E-state index in [1.54, 1.807) is 29.2 Å². The Labute approximate surface area is 180 Å². The van der Waals surface area contributed by atoms with Crippen molar-refractivity contribution in [2.75, 3.05) is 16.8 Å². The first-order valence-corrected chi connectivity index (χ1v) is 10.3. The van der Waals surface area contributed by atoms with Crippen molar-refractivity contribution in [1.82, 2.24) is 5.32 Å². The maximum Gasteiger partial charge on any atom is 0.234 e. The van der Waals surface area contributed by atoms with E-state index < -0.39 is 17.4 Å². The van der Waals surface area contributed by atoms with E-state index >= 15 is 0 Å². The Bertz CT molecular complexity index is 1070. The Morgan fingerprint density at radius 3 is 2.58 bits per heavy atom. The minimum absolute atomic E-state index is 0.112. The standard InChI is InChI=1S/C24H23N3O4/c1-15(28)26-17-7-9-18(10-8-17)27-14-24-12-11-19(31-24)20(21(24)23(27)30)22(29)25-13-16-5-3-2-4-6-16/h2-12,19-21H,13-14H2,1H3,(H,25,29)(H,26,28)/t19-,20?,21?,24-/m0/s1. The topological polar surface area (TPSA) is 87.7 Å². The molecule has 158 valence electrons. The quantitative estimate of drug-likeness (QED) is 0.731. The molecule has 3 aliphatic heterocycles. The summed E-state index contributed by atoms with van der Waals surface area (Å²) >= 11 is 0. The molecule has 7 nitrogen and oxygen atoms in total. The normalized spacial score (nSPS) is 28.0. The number of amides is 3. The third kappa shape index (κ3) is 3.31. The zero-order chi connectivity index (χ0) is 21.6. The van der Waals surface area contributed by atoms with Crippen molar-refractivity contribution in [1.29, 1.82) is 0 Å². The Balaban J connectivity index is 1.34. The Morgan fingerprint density at radius 2 is 1.87 bits per heavy atom. The lowest BCUT2D eigenvalue weighted by molar-refractivity contribution is -0.132. The minimum atomic E-state index is -0.771. The zero-order valence-corrected chi connectivity index (χ0v) is 17.1. The van der Waals surface area contributed by atoms with E-state index in [4.69, 9.17) is 4.74 Å². The summed E-state index contributed by atoms with van der Waals surface area (Å²) < 4.78 is 6.18. The monoisotopic (exact) mass is 417 g/mol. The van der Waals surface area contributed by atoms with Crippen LogP contribution in [0.4, 0.5) is 11.4 Å². The second-order valence-electron chi connectivity index (χ2n) is 8.26. The van der Waals surface area contributed by atoms with Crippen LogP contribution in [0.2, 0.25) is 0 Å². The van der Waals surface area contributed by atoms with Gasteiger partial charge in [-0.25, -0.2) is 0 Å². The maximum absolute atomic E-state index is 13.4. The van der Waals surface area contributed by atoms with E-state index in [0.29, 0.717) is 24.5 Å². The number of benzene rings is 2. The van der Waals surface area contributed by atoms with Crippen LogP contribution in [-0.2, 0) is 25.7 Å². The highest BCUT2D eigenvalue weighted by Crippen LogP contribution is 2.52.